The minimum absolute atomic E-state index is 0.0645. The van der Waals surface area contributed by atoms with Crippen LogP contribution >= 0.6 is 0 Å². The highest BCUT2D eigenvalue weighted by Gasteiger charge is 2.36. The molecule has 0 aliphatic rings. The van der Waals surface area contributed by atoms with Gasteiger partial charge in [-0.2, -0.15) is 26.3 Å². The Kier molecular flexibility index (Phi) is 7.42. The largest absolute Gasteiger partial charge is 0.440 e. The molecule has 0 aliphatic carbocycles. The van der Waals surface area contributed by atoms with Crippen LogP contribution in [0.1, 0.15) is 33.7 Å². The van der Waals surface area contributed by atoms with Crippen LogP contribution in [0.2, 0.25) is 0 Å². The fourth-order valence-electron chi connectivity index (χ4n) is 3.91. The zero-order valence-electron chi connectivity index (χ0n) is 19.2. The number of aromatic nitrogens is 1. The number of hydrogen-bond donors (Lipinski definition) is 2. The van der Waals surface area contributed by atoms with E-state index in [2.05, 4.69) is 4.98 Å². The van der Waals surface area contributed by atoms with Crippen molar-refractivity contribution in [2.24, 2.45) is 0 Å². The first-order valence-corrected chi connectivity index (χ1v) is 11.2. The van der Waals surface area contributed by atoms with Gasteiger partial charge in [-0.1, -0.05) is 36.4 Å². The van der Waals surface area contributed by atoms with Crippen LogP contribution in [0.4, 0.5) is 26.3 Å². The molecular formula is C27H21F6NO3. The first-order chi connectivity index (χ1) is 17.5. The summed E-state index contributed by atoms with van der Waals surface area (Å²) in [7, 11) is 0. The lowest BCUT2D eigenvalue weighted by atomic mass is 10.0. The van der Waals surface area contributed by atoms with Gasteiger partial charge in [0.1, 0.15) is 5.69 Å². The molecule has 4 rings (SSSR count). The van der Waals surface area contributed by atoms with E-state index in [1.54, 1.807) is 48.5 Å². The predicted octanol–water partition coefficient (Wildman–Crippen LogP) is 6.82. The summed E-state index contributed by atoms with van der Waals surface area (Å²) >= 11 is 0. The van der Waals surface area contributed by atoms with Crippen molar-refractivity contribution in [1.29, 1.82) is 0 Å². The molecule has 0 spiro atoms. The SMILES string of the molecule is OCc1cccc(-c2nc(CCc3cc(C(F)(F)F)cc(C(F)(F)F)c3)oc2-c2cccc(CO)c2)c1. The number of rotatable bonds is 7. The summed E-state index contributed by atoms with van der Waals surface area (Å²) in [4.78, 5) is 4.49. The van der Waals surface area contributed by atoms with E-state index in [9.17, 15) is 36.6 Å². The van der Waals surface area contributed by atoms with Gasteiger partial charge in [-0.3, -0.25) is 0 Å². The highest BCUT2D eigenvalue weighted by Crippen LogP contribution is 2.37. The number of benzene rings is 3. The number of hydrogen-bond acceptors (Lipinski definition) is 4. The van der Waals surface area contributed by atoms with Gasteiger partial charge in [-0.15, -0.1) is 0 Å². The van der Waals surface area contributed by atoms with Crippen LogP contribution in [-0.2, 0) is 38.4 Å². The average Bonchev–Trinajstić information content (AvgIpc) is 3.31. The molecule has 4 nitrogen and oxygen atoms in total. The maximum Gasteiger partial charge on any atom is 0.416 e. The Morgan fingerprint density at radius 3 is 1.73 bits per heavy atom. The van der Waals surface area contributed by atoms with Gasteiger partial charge < -0.3 is 14.6 Å². The molecule has 37 heavy (non-hydrogen) atoms. The fourth-order valence-corrected chi connectivity index (χ4v) is 3.91. The summed E-state index contributed by atoms with van der Waals surface area (Å²) in [6, 6.07) is 15.2. The molecule has 4 aromatic rings. The Hall–Kier alpha value is -3.63. The van der Waals surface area contributed by atoms with E-state index in [0.717, 1.165) is 0 Å². The van der Waals surface area contributed by atoms with E-state index in [4.69, 9.17) is 4.42 Å². The molecule has 0 amide bonds. The lowest BCUT2D eigenvalue weighted by Crippen LogP contribution is -2.12. The second-order valence-electron chi connectivity index (χ2n) is 8.42. The number of aliphatic hydroxyl groups excluding tert-OH is 2. The number of aryl methyl sites for hydroxylation is 2. The third-order valence-corrected chi connectivity index (χ3v) is 5.70. The van der Waals surface area contributed by atoms with Gasteiger partial charge in [-0.25, -0.2) is 4.98 Å². The van der Waals surface area contributed by atoms with Crippen LogP contribution in [0.3, 0.4) is 0 Å². The Labute approximate surface area is 207 Å². The highest BCUT2D eigenvalue weighted by molar-refractivity contribution is 5.77. The Morgan fingerprint density at radius 1 is 0.649 bits per heavy atom. The second-order valence-corrected chi connectivity index (χ2v) is 8.42. The van der Waals surface area contributed by atoms with Crippen LogP contribution in [0.15, 0.2) is 71.1 Å². The van der Waals surface area contributed by atoms with Gasteiger partial charge in [0.05, 0.1) is 24.3 Å². The average molecular weight is 521 g/mol. The maximum atomic E-state index is 13.2. The summed E-state index contributed by atoms with van der Waals surface area (Å²) in [6.45, 7) is -0.438. The van der Waals surface area contributed by atoms with Crippen LogP contribution in [0.25, 0.3) is 22.6 Å². The maximum absolute atomic E-state index is 13.2. The molecule has 194 valence electrons. The summed E-state index contributed by atoms with van der Waals surface area (Å²) in [5.41, 5.74) is -0.138. The zero-order valence-corrected chi connectivity index (χ0v) is 19.2. The molecule has 0 aliphatic heterocycles. The second kappa shape index (κ2) is 10.4. The van der Waals surface area contributed by atoms with Gasteiger partial charge in [0.25, 0.3) is 0 Å². The molecule has 0 saturated heterocycles. The Bertz CT molecular complexity index is 1290. The molecule has 10 heteroatoms. The molecule has 0 atom stereocenters. The van der Waals surface area contributed by atoms with Gasteiger partial charge in [0, 0.05) is 17.5 Å². The van der Waals surface area contributed by atoms with Crippen LogP contribution in [0, 0.1) is 0 Å². The van der Waals surface area contributed by atoms with E-state index < -0.39 is 23.5 Å². The summed E-state index contributed by atoms with van der Waals surface area (Å²) in [5.74, 6) is 0.431. The Morgan fingerprint density at radius 2 is 1.19 bits per heavy atom. The third kappa shape index (κ3) is 6.20. The molecule has 0 unspecified atom stereocenters. The van der Waals surface area contributed by atoms with E-state index >= 15 is 0 Å². The first-order valence-electron chi connectivity index (χ1n) is 11.2. The first kappa shape index (κ1) is 26.4. The van der Waals surface area contributed by atoms with Gasteiger partial charge in [0.2, 0.25) is 0 Å². The van der Waals surface area contributed by atoms with Crippen molar-refractivity contribution in [2.75, 3.05) is 0 Å². The van der Waals surface area contributed by atoms with Crippen molar-refractivity contribution < 1.29 is 41.0 Å². The number of aliphatic hydroxyl groups is 2. The molecule has 0 bridgehead atoms. The Balaban J connectivity index is 1.72. The minimum atomic E-state index is -4.94. The smallest absolute Gasteiger partial charge is 0.416 e. The molecule has 0 fully saturated rings. The molecule has 1 heterocycles. The van der Waals surface area contributed by atoms with Crippen LogP contribution < -0.4 is 0 Å². The summed E-state index contributed by atoms with van der Waals surface area (Å²) < 4.78 is 85.3. The monoisotopic (exact) mass is 521 g/mol. The van der Waals surface area contributed by atoms with Crippen molar-refractivity contribution in [2.45, 2.75) is 38.4 Å². The zero-order chi connectivity index (χ0) is 26.8. The summed E-state index contributed by atoms with van der Waals surface area (Å²) in [6.07, 6.45) is -10.1. The third-order valence-electron chi connectivity index (χ3n) is 5.70. The van der Waals surface area contributed by atoms with Crippen molar-refractivity contribution in [1.82, 2.24) is 4.98 Å². The van der Waals surface area contributed by atoms with E-state index in [1.165, 1.54) is 0 Å². The molecule has 0 radical (unpaired) electrons. The molecule has 0 saturated carbocycles. The predicted molar refractivity (Wildman–Crippen MR) is 123 cm³/mol. The fraction of sp³-hybridized carbons (Fsp3) is 0.222. The lowest BCUT2D eigenvalue weighted by molar-refractivity contribution is -0.143. The highest BCUT2D eigenvalue weighted by atomic mass is 19.4. The number of nitrogens with zero attached hydrogens (tertiary/aromatic N) is 1. The topological polar surface area (TPSA) is 66.5 Å². The molecular weight excluding hydrogens is 500 g/mol. The van der Waals surface area contributed by atoms with Gasteiger partial charge >= 0.3 is 12.4 Å². The van der Waals surface area contributed by atoms with Crippen LogP contribution in [-0.4, -0.2) is 15.2 Å². The number of alkyl halides is 6. The van der Waals surface area contributed by atoms with E-state index in [1.807, 2.05) is 0 Å². The van der Waals surface area contributed by atoms with E-state index in [-0.39, 0.29) is 43.6 Å². The molecule has 3 aromatic carbocycles. The van der Waals surface area contributed by atoms with Crippen molar-refractivity contribution in [3.05, 3.63) is 100 Å². The van der Waals surface area contributed by atoms with Gasteiger partial charge in [-0.05, 0) is 53.4 Å². The van der Waals surface area contributed by atoms with Crippen LogP contribution in [0.5, 0.6) is 0 Å². The lowest BCUT2D eigenvalue weighted by Gasteiger charge is -2.14. The number of oxazole rings is 1. The van der Waals surface area contributed by atoms with E-state index in [0.29, 0.717) is 45.8 Å². The number of halogens is 6. The normalized spacial score (nSPS) is 12.2. The van der Waals surface area contributed by atoms with Crippen molar-refractivity contribution in [3.8, 4) is 22.6 Å². The molecule has 2 N–H and O–H groups in total. The van der Waals surface area contributed by atoms with Crippen molar-refractivity contribution in [3.63, 3.8) is 0 Å². The van der Waals surface area contributed by atoms with Gasteiger partial charge in [0.15, 0.2) is 11.7 Å². The standard InChI is InChI=1S/C27H21F6NO3/c28-26(29,30)21-11-16(12-22(13-21)27(31,32)33)7-8-23-34-24(19-5-1-3-17(9-19)14-35)25(37-23)20-6-2-4-18(10-20)15-36/h1-6,9-13,35-36H,7-8,14-15H2. The molecule has 1 aromatic heterocycles. The minimum Gasteiger partial charge on any atom is -0.440 e. The quantitative estimate of drug-likeness (QED) is 0.262. The van der Waals surface area contributed by atoms with Crippen molar-refractivity contribution >= 4 is 0 Å². The summed E-state index contributed by atoms with van der Waals surface area (Å²) in [5, 5.41) is 19.0.